The first kappa shape index (κ1) is 13.2. The highest BCUT2D eigenvalue weighted by Gasteiger charge is 2.27. The number of para-hydroxylation sites is 1. The van der Waals surface area contributed by atoms with Crippen LogP contribution in [0.4, 0.5) is 0 Å². The van der Waals surface area contributed by atoms with Gasteiger partial charge in [-0.2, -0.15) is 0 Å². The Hall–Kier alpha value is -1.81. The first-order chi connectivity index (χ1) is 9.79. The molecule has 3 rings (SSSR count). The molecule has 1 atom stereocenters. The standard InChI is InChI=1S/C16H20N2O2/c1-2-3-8-20-16(19)14-9-12-11-6-4-5-7-13(11)18-15(12)10-17-14/h4-7,14,17-18H,2-3,8-10H2,1H3/t14-/m0/s1. The van der Waals surface area contributed by atoms with E-state index in [0.29, 0.717) is 19.6 Å². The SMILES string of the molecule is CCCCOC(=O)[C@@H]1Cc2c([nH]c3ccccc23)CN1. The number of fused-ring (bicyclic) bond motifs is 3. The van der Waals surface area contributed by atoms with Crippen molar-refractivity contribution in [3.63, 3.8) is 0 Å². The Morgan fingerprint density at radius 1 is 1.40 bits per heavy atom. The van der Waals surface area contributed by atoms with Crippen LogP contribution in [0.5, 0.6) is 0 Å². The highest BCUT2D eigenvalue weighted by Crippen LogP contribution is 2.26. The zero-order valence-electron chi connectivity index (χ0n) is 11.7. The summed E-state index contributed by atoms with van der Waals surface area (Å²) in [6, 6.07) is 8.01. The van der Waals surface area contributed by atoms with Gasteiger partial charge in [0.25, 0.3) is 0 Å². The van der Waals surface area contributed by atoms with Gasteiger partial charge in [0.05, 0.1) is 6.61 Å². The van der Waals surface area contributed by atoms with E-state index in [1.54, 1.807) is 0 Å². The molecule has 0 unspecified atom stereocenters. The smallest absolute Gasteiger partial charge is 0.323 e. The number of ether oxygens (including phenoxy) is 1. The number of carbonyl (C=O) groups is 1. The van der Waals surface area contributed by atoms with Gasteiger partial charge < -0.3 is 9.72 Å². The molecule has 0 saturated carbocycles. The molecule has 2 N–H and O–H groups in total. The van der Waals surface area contributed by atoms with Crippen molar-refractivity contribution in [3.8, 4) is 0 Å². The third kappa shape index (κ3) is 2.43. The molecule has 1 aromatic carbocycles. The third-order valence-corrected chi connectivity index (χ3v) is 3.86. The molecule has 20 heavy (non-hydrogen) atoms. The van der Waals surface area contributed by atoms with E-state index < -0.39 is 0 Å². The van der Waals surface area contributed by atoms with E-state index in [-0.39, 0.29) is 12.0 Å². The van der Waals surface area contributed by atoms with Gasteiger partial charge in [0, 0.05) is 29.6 Å². The van der Waals surface area contributed by atoms with Crippen molar-refractivity contribution in [2.45, 2.75) is 38.8 Å². The lowest BCUT2D eigenvalue weighted by atomic mass is 9.99. The molecule has 1 aliphatic heterocycles. The molecule has 0 radical (unpaired) electrons. The van der Waals surface area contributed by atoms with E-state index >= 15 is 0 Å². The van der Waals surface area contributed by atoms with E-state index in [1.165, 1.54) is 16.6 Å². The van der Waals surface area contributed by atoms with E-state index in [1.807, 2.05) is 12.1 Å². The lowest BCUT2D eigenvalue weighted by Crippen LogP contribution is -2.42. The van der Waals surface area contributed by atoms with Crippen molar-refractivity contribution in [2.75, 3.05) is 6.61 Å². The van der Waals surface area contributed by atoms with Crippen molar-refractivity contribution < 1.29 is 9.53 Å². The summed E-state index contributed by atoms with van der Waals surface area (Å²) in [5.41, 5.74) is 3.57. The molecule has 1 aromatic heterocycles. The maximum atomic E-state index is 12.0. The Bertz CT molecular complexity index is 618. The molecule has 0 amide bonds. The summed E-state index contributed by atoms with van der Waals surface area (Å²) in [6.07, 6.45) is 2.67. The molecule has 2 aromatic rings. The minimum atomic E-state index is -0.224. The average Bonchev–Trinajstić information content (AvgIpc) is 2.85. The number of unbranched alkanes of at least 4 members (excludes halogenated alkanes) is 1. The zero-order chi connectivity index (χ0) is 13.9. The summed E-state index contributed by atoms with van der Waals surface area (Å²) in [6.45, 7) is 3.30. The monoisotopic (exact) mass is 272 g/mol. The summed E-state index contributed by atoms with van der Waals surface area (Å²) in [7, 11) is 0. The van der Waals surface area contributed by atoms with Crippen molar-refractivity contribution in [1.29, 1.82) is 0 Å². The lowest BCUT2D eigenvalue weighted by Gasteiger charge is -2.22. The fourth-order valence-electron chi connectivity index (χ4n) is 2.73. The molecule has 1 aliphatic rings. The molecule has 4 nitrogen and oxygen atoms in total. The van der Waals surface area contributed by atoms with Crippen molar-refractivity contribution in [1.82, 2.24) is 10.3 Å². The Balaban J connectivity index is 1.76. The number of esters is 1. The number of hydrogen-bond acceptors (Lipinski definition) is 3. The quantitative estimate of drug-likeness (QED) is 0.664. The van der Waals surface area contributed by atoms with Crippen molar-refractivity contribution >= 4 is 16.9 Å². The van der Waals surface area contributed by atoms with Gasteiger partial charge in [-0.3, -0.25) is 10.1 Å². The van der Waals surface area contributed by atoms with Crippen LogP contribution in [0, 0.1) is 0 Å². The molecular weight excluding hydrogens is 252 g/mol. The summed E-state index contributed by atoms with van der Waals surface area (Å²) in [5, 5.41) is 4.48. The number of aromatic nitrogens is 1. The lowest BCUT2D eigenvalue weighted by molar-refractivity contribution is -0.146. The number of nitrogens with one attached hydrogen (secondary N) is 2. The summed E-state index contributed by atoms with van der Waals surface area (Å²) >= 11 is 0. The second kappa shape index (κ2) is 5.67. The zero-order valence-corrected chi connectivity index (χ0v) is 11.7. The number of rotatable bonds is 4. The first-order valence-electron chi connectivity index (χ1n) is 7.28. The van der Waals surface area contributed by atoms with Gasteiger partial charge in [-0.05, 0) is 18.1 Å². The van der Waals surface area contributed by atoms with Crippen LogP contribution in [0.2, 0.25) is 0 Å². The van der Waals surface area contributed by atoms with E-state index in [4.69, 9.17) is 4.74 Å². The summed E-state index contributed by atoms with van der Waals surface area (Å²) < 4.78 is 5.31. The second-order valence-electron chi connectivity index (χ2n) is 5.29. The van der Waals surface area contributed by atoms with Gasteiger partial charge in [-0.1, -0.05) is 31.5 Å². The molecule has 0 saturated heterocycles. The molecule has 0 spiro atoms. The van der Waals surface area contributed by atoms with Crippen LogP contribution in [-0.4, -0.2) is 23.6 Å². The Morgan fingerprint density at radius 3 is 3.10 bits per heavy atom. The first-order valence-corrected chi connectivity index (χ1v) is 7.28. The Kier molecular flexibility index (Phi) is 3.74. The number of aromatic amines is 1. The van der Waals surface area contributed by atoms with Crippen LogP contribution in [0.15, 0.2) is 24.3 Å². The largest absolute Gasteiger partial charge is 0.465 e. The number of H-pyrrole nitrogens is 1. The van der Waals surface area contributed by atoms with Crippen LogP contribution < -0.4 is 5.32 Å². The predicted octanol–water partition coefficient (Wildman–Crippen LogP) is 2.53. The number of hydrogen-bond donors (Lipinski definition) is 2. The van der Waals surface area contributed by atoms with Crippen LogP contribution >= 0.6 is 0 Å². The average molecular weight is 272 g/mol. The predicted molar refractivity (Wildman–Crippen MR) is 78.5 cm³/mol. The van der Waals surface area contributed by atoms with Gasteiger partial charge in [-0.25, -0.2) is 0 Å². The minimum absolute atomic E-state index is 0.130. The van der Waals surface area contributed by atoms with Crippen LogP contribution in [-0.2, 0) is 22.5 Å². The molecule has 106 valence electrons. The minimum Gasteiger partial charge on any atom is -0.465 e. The van der Waals surface area contributed by atoms with Gasteiger partial charge >= 0.3 is 5.97 Å². The fourth-order valence-corrected chi connectivity index (χ4v) is 2.73. The van der Waals surface area contributed by atoms with Crippen molar-refractivity contribution in [2.24, 2.45) is 0 Å². The molecule has 0 fully saturated rings. The highest BCUT2D eigenvalue weighted by atomic mass is 16.5. The van der Waals surface area contributed by atoms with E-state index in [2.05, 4.69) is 29.4 Å². The molecule has 0 bridgehead atoms. The topological polar surface area (TPSA) is 54.1 Å². The van der Waals surface area contributed by atoms with Crippen LogP contribution in [0.25, 0.3) is 10.9 Å². The second-order valence-corrected chi connectivity index (χ2v) is 5.29. The molecule has 0 aliphatic carbocycles. The van der Waals surface area contributed by atoms with Gasteiger partial charge in [0.15, 0.2) is 0 Å². The number of carbonyl (C=O) groups excluding carboxylic acids is 1. The van der Waals surface area contributed by atoms with E-state index in [0.717, 1.165) is 18.4 Å². The maximum absolute atomic E-state index is 12.0. The normalized spacial score (nSPS) is 17.9. The van der Waals surface area contributed by atoms with Crippen molar-refractivity contribution in [3.05, 3.63) is 35.5 Å². The highest BCUT2D eigenvalue weighted by molar-refractivity contribution is 5.86. The van der Waals surface area contributed by atoms with Crippen LogP contribution in [0.3, 0.4) is 0 Å². The summed E-state index contributed by atoms with van der Waals surface area (Å²) in [5.74, 6) is -0.130. The van der Waals surface area contributed by atoms with E-state index in [9.17, 15) is 4.79 Å². The Morgan fingerprint density at radius 2 is 2.25 bits per heavy atom. The van der Waals surface area contributed by atoms with Gasteiger partial charge in [-0.15, -0.1) is 0 Å². The summed E-state index contributed by atoms with van der Waals surface area (Å²) in [4.78, 5) is 15.5. The van der Waals surface area contributed by atoms with Gasteiger partial charge in [0.2, 0.25) is 0 Å². The molecule has 2 heterocycles. The van der Waals surface area contributed by atoms with Gasteiger partial charge in [0.1, 0.15) is 6.04 Å². The maximum Gasteiger partial charge on any atom is 0.323 e. The number of benzene rings is 1. The third-order valence-electron chi connectivity index (χ3n) is 3.86. The Labute approximate surface area is 118 Å². The molecule has 4 heteroatoms. The van der Waals surface area contributed by atoms with Crippen LogP contribution in [0.1, 0.15) is 31.0 Å². The molecular formula is C16H20N2O2. The fraction of sp³-hybridized carbons (Fsp3) is 0.438.